The molecule has 0 saturated heterocycles. The fourth-order valence-corrected chi connectivity index (χ4v) is 2.79. The van der Waals surface area contributed by atoms with E-state index in [1.165, 1.54) is 5.56 Å². The standard InChI is InChI=1S/C15H19NOS/c1-15(16,9-7-12-8-10-18-11-12)13-5-3-4-6-14(13)17-2/h3-6,8,10-11H,7,9,16H2,1-2H3. The van der Waals surface area contributed by atoms with Crippen LogP contribution in [-0.4, -0.2) is 7.11 Å². The summed E-state index contributed by atoms with van der Waals surface area (Å²) < 4.78 is 5.39. The van der Waals surface area contributed by atoms with Crippen LogP contribution in [0, 0.1) is 0 Å². The van der Waals surface area contributed by atoms with Crippen LogP contribution in [0.1, 0.15) is 24.5 Å². The minimum atomic E-state index is -0.367. The van der Waals surface area contributed by atoms with Crippen molar-refractivity contribution in [3.63, 3.8) is 0 Å². The third-order valence-electron chi connectivity index (χ3n) is 3.24. The van der Waals surface area contributed by atoms with Crippen molar-refractivity contribution in [2.75, 3.05) is 7.11 Å². The van der Waals surface area contributed by atoms with E-state index in [0.29, 0.717) is 0 Å². The minimum absolute atomic E-state index is 0.367. The Morgan fingerprint density at radius 2 is 2.06 bits per heavy atom. The van der Waals surface area contributed by atoms with Gasteiger partial charge in [-0.3, -0.25) is 0 Å². The highest BCUT2D eigenvalue weighted by atomic mass is 32.1. The van der Waals surface area contributed by atoms with Gasteiger partial charge in [-0.15, -0.1) is 0 Å². The second-order valence-electron chi connectivity index (χ2n) is 4.75. The largest absolute Gasteiger partial charge is 0.496 e. The highest BCUT2D eigenvalue weighted by Crippen LogP contribution is 2.31. The molecule has 1 heterocycles. The number of aryl methyl sites for hydroxylation is 1. The van der Waals surface area contributed by atoms with Crippen LogP contribution in [0.5, 0.6) is 5.75 Å². The van der Waals surface area contributed by atoms with Gasteiger partial charge in [0.25, 0.3) is 0 Å². The zero-order chi connectivity index (χ0) is 13.0. The second-order valence-corrected chi connectivity index (χ2v) is 5.53. The molecule has 0 aliphatic carbocycles. The van der Waals surface area contributed by atoms with Gasteiger partial charge in [-0.05, 0) is 48.2 Å². The van der Waals surface area contributed by atoms with Gasteiger partial charge in [-0.2, -0.15) is 11.3 Å². The van der Waals surface area contributed by atoms with Crippen molar-refractivity contribution in [3.8, 4) is 5.75 Å². The zero-order valence-corrected chi connectivity index (χ0v) is 11.7. The summed E-state index contributed by atoms with van der Waals surface area (Å²) in [7, 11) is 1.69. The molecule has 1 aromatic carbocycles. The molecule has 0 saturated carbocycles. The molecule has 0 bridgehead atoms. The third kappa shape index (κ3) is 2.92. The van der Waals surface area contributed by atoms with Gasteiger partial charge in [-0.1, -0.05) is 18.2 Å². The lowest BCUT2D eigenvalue weighted by Crippen LogP contribution is -2.34. The summed E-state index contributed by atoms with van der Waals surface area (Å²) in [6.07, 6.45) is 1.90. The first-order valence-corrected chi connectivity index (χ1v) is 7.01. The molecular weight excluding hydrogens is 242 g/mol. The molecule has 18 heavy (non-hydrogen) atoms. The number of hydrogen-bond acceptors (Lipinski definition) is 3. The number of thiophene rings is 1. The first kappa shape index (κ1) is 13.1. The SMILES string of the molecule is COc1ccccc1C(C)(N)CCc1ccsc1. The van der Waals surface area contributed by atoms with Gasteiger partial charge < -0.3 is 10.5 Å². The molecule has 2 rings (SSSR count). The average Bonchev–Trinajstić information content (AvgIpc) is 2.89. The minimum Gasteiger partial charge on any atom is -0.496 e. The summed E-state index contributed by atoms with van der Waals surface area (Å²) in [5.74, 6) is 0.868. The van der Waals surface area contributed by atoms with Crippen LogP contribution in [0.15, 0.2) is 41.1 Å². The summed E-state index contributed by atoms with van der Waals surface area (Å²) in [5.41, 5.74) is 8.51. The molecule has 0 aliphatic rings. The lowest BCUT2D eigenvalue weighted by molar-refractivity contribution is 0.378. The fraction of sp³-hybridized carbons (Fsp3) is 0.333. The van der Waals surface area contributed by atoms with Crippen LogP contribution in [0.4, 0.5) is 0 Å². The number of nitrogens with two attached hydrogens (primary N) is 1. The summed E-state index contributed by atoms with van der Waals surface area (Å²) in [4.78, 5) is 0. The molecule has 2 N–H and O–H groups in total. The summed E-state index contributed by atoms with van der Waals surface area (Å²) >= 11 is 1.73. The van der Waals surface area contributed by atoms with Crippen LogP contribution in [0.2, 0.25) is 0 Å². The van der Waals surface area contributed by atoms with Gasteiger partial charge >= 0.3 is 0 Å². The molecule has 1 atom stereocenters. The molecule has 0 fully saturated rings. The number of hydrogen-bond donors (Lipinski definition) is 1. The van der Waals surface area contributed by atoms with Crippen LogP contribution >= 0.6 is 11.3 Å². The molecule has 96 valence electrons. The maximum Gasteiger partial charge on any atom is 0.123 e. The Morgan fingerprint density at radius 3 is 2.72 bits per heavy atom. The van der Waals surface area contributed by atoms with Crippen molar-refractivity contribution >= 4 is 11.3 Å². The predicted molar refractivity (Wildman–Crippen MR) is 77.2 cm³/mol. The normalized spacial score (nSPS) is 14.2. The van der Waals surface area contributed by atoms with Gasteiger partial charge in [0.2, 0.25) is 0 Å². The molecule has 0 radical (unpaired) electrons. The molecule has 1 aromatic heterocycles. The van der Waals surface area contributed by atoms with Crippen molar-refractivity contribution in [1.82, 2.24) is 0 Å². The van der Waals surface area contributed by atoms with E-state index in [1.54, 1.807) is 18.4 Å². The number of benzene rings is 1. The van der Waals surface area contributed by atoms with Crippen molar-refractivity contribution in [3.05, 3.63) is 52.2 Å². The summed E-state index contributed by atoms with van der Waals surface area (Å²) in [6, 6.07) is 10.1. The Morgan fingerprint density at radius 1 is 1.28 bits per heavy atom. The van der Waals surface area contributed by atoms with E-state index in [2.05, 4.69) is 23.8 Å². The molecule has 3 heteroatoms. The topological polar surface area (TPSA) is 35.2 Å². The lowest BCUT2D eigenvalue weighted by atomic mass is 9.87. The van der Waals surface area contributed by atoms with Gasteiger partial charge in [0.05, 0.1) is 7.11 Å². The number of rotatable bonds is 5. The highest BCUT2D eigenvalue weighted by molar-refractivity contribution is 7.07. The van der Waals surface area contributed by atoms with E-state index < -0.39 is 0 Å². The fourth-order valence-electron chi connectivity index (χ4n) is 2.09. The van der Waals surface area contributed by atoms with E-state index in [0.717, 1.165) is 24.2 Å². The summed E-state index contributed by atoms with van der Waals surface area (Å²) in [6.45, 7) is 2.07. The van der Waals surface area contributed by atoms with Crippen LogP contribution in [0.3, 0.4) is 0 Å². The molecule has 2 aromatic rings. The van der Waals surface area contributed by atoms with E-state index in [-0.39, 0.29) is 5.54 Å². The van der Waals surface area contributed by atoms with Crippen LogP contribution in [-0.2, 0) is 12.0 Å². The zero-order valence-electron chi connectivity index (χ0n) is 10.8. The monoisotopic (exact) mass is 261 g/mol. The first-order chi connectivity index (χ1) is 8.63. The quantitative estimate of drug-likeness (QED) is 0.893. The molecule has 0 amide bonds. The molecule has 1 unspecified atom stereocenters. The Balaban J connectivity index is 2.14. The Hall–Kier alpha value is -1.32. The molecule has 0 spiro atoms. The van der Waals surface area contributed by atoms with Gasteiger partial charge in [0.1, 0.15) is 5.75 Å². The maximum atomic E-state index is 6.45. The summed E-state index contributed by atoms with van der Waals surface area (Å²) in [5, 5.41) is 4.28. The molecule has 2 nitrogen and oxygen atoms in total. The highest BCUT2D eigenvalue weighted by Gasteiger charge is 2.24. The number of para-hydroxylation sites is 1. The van der Waals surface area contributed by atoms with Crippen LogP contribution in [0.25, 0.3) is 0 Å². The Bertz CT molecular complexity index is 491. The van der Waals surface area contributed by atoms with E-state index in [4.69, 9.17) is 10.5 Å². The van der Waals surface area contributed by atoms with Crippen molar-refractivity contribution in [2.45, 2.75) is 25.3 Å². The van der Waals surface area contributed by atoms with Gasteiger partial charge in [-0.25, -0.2) is 0 Å². The smallest absolute Gasteiger partial charge is 0.123 e. The van der Waals surface area contributed by atoms with E-state index >= 15 is 0 Å². The Labute approximate surface area is 112 Å². The number of ether oxygens (including phenoxy) is 1. The average molecular weight is 261 g/mol. The first-order valence-electron chi connectivity index (χ1n) is 6.07. The van der Waals surface area contributed by atoms with Crippen LogP contribution < -0.4 is 10.5 Å². The Kier molecular flexibility index (Phi) is 4.04. The third-order valence-corrected chi connectivity index (χ3v) is 3.97. The molecule has 0 aliphatic heterocycles. The van der Waals surface area contributed by atoms with Gasteiger partial charge in [0.15, 0.2) is 0 Å². The maximum absolute atomic E-state index is 6.45. The molecular formula is C15H19NOS. The van der Waals surface area contributed by atoms with Crippen molar-refractivity contribution < 1.29 is 4.74 Å². The van der Waals surface area contributed by atoms with Gasteiger partial charge in [0, 0.05) is 11.1 Å². The van der Waals surface area contributed by atoms with Crippen molar-refractivity contribution in [2.24, 2.45) is 5.73 Å². The van der Waals surface area contributed by atoms with E-state index in [1.807, 2.05) is 24.3 Å². The predicted octanol–water partition coefficient (Wildman–Crippen LogP) is 3.56. The lowest BCUT2D eigenvalue weighted by Gasteiger charge is -2.27. The van der Waals surface area contributed by atoms with Crippen molar-refractivity contribution in [1.29, 1.82) is 0 Å². The number of methoxy groups -OCH3 is 1. The van der Waals surface area contributed by atoms with E-state index in [9.17, 15) is 0 Å². The second kappa shape index (κ2) is 5.55.